The molecule has 2 aliphatic heterocycles. The van der Waals surface area contributed by atoms with Crippen molar-refractivity contribution in [3.63, 3.8) is 0 Å². The molecule has 2 saturated heterocycles. The van der Waals surface area contributed by atoms with Crippen LogP contribution in [0.15, 0.2) is 24.3 Å². The molecule has 2 N–H and O–H groups in total. The van der Waals surface area contributed by atoms with Gasteiger partial charge >= 0.3 is 0 Å². The summed E-state index contributed by atoms with van der Waals surface area (Å²) in [5, 5.41) is 13.1. The van der Waals surface area contributed by atoms with Crippen LogP contribution in [0.1, 0.15) is 24.8 Å². The minimum atomic E-state index is -0.799. The number of methoxy groups -OCH3 is 1. The fourth-order valence-corrected chi connectivity index (χ4v) is 3.51. The molecule has 7 nitrogen and oxygen atoms in total. The fraction of sp³-hybridized carbons (Fsp3) is 0.650. The molecule has 0 spiro atoms. The summed E-state index contributed by atoms with van der Waals surface area (Å²) >= 11 is 0. The minimum absolute atomic E-state index is 0.00739. The molecule has 0 bridgehead atoms. The first-order valence-electron chi connectivity index (χ1n) is 9.70. The number of ether oxygens (including phenoxy) is 3. The van der Waals surface area contributed by atoms with Gasteiger partial charge in [0.05, 0.1) is 32.5 Å². The van der Waals surface area contributed by atoms with E-state index in [0.717, 1.165) is 57.0 Å². The average Bonchev–Trinajstić information content (AvgIpc) is 2.72. The Kier molecular flexibility index (Phi) is 7.46. The number of carbonyl (C=O) groups is 1. The summed E-state index contributed by atoms with van der Waals surface area (Å²) < 4.78 is 16.4. The number of nitrogens with zero attached hydrogens (tertiary/aromatic N) is 1. The van der Waals surface area contributed by atoms with Crippen molar-refractivity contribution in [2.45, 2.75) is 44.1 Å². The van der Waals surface area contributed by atoms with Gasteiger partial charge in [0.25, 0.3) is 5.91 Å². The maximum absolute atomic E-state index is 12.5. The van der Waals surface area contributed by atoms with Crippen molar-refractivity contribution in [3.8, 4) is 5.75 Å². The van der Waals surface area contributed by atoms with Crippen LogP contribution < -0.4 is 10.1 Å². The lowest BCUT2D eigenvalue weighted by molar-refractivity contribution is -0.159. The lowest BCUT2D eigenvalue weighted by Gasteiger charge is -2.34. The monoisotopic (exact) mass is 378 g/mol. The Morgan fingerprint density at radius 2 is 2.00 bits per heavy atom. The SMILES string of the molecule is COc1ccc(CNC(=O)C2OC(CCN3CCOCC3)CCC2O)cc1. The first-order valence-corrected chi connectivity index (χ1v) is 9.70. The van der Waals surface area contributed by atoms with E-state index in [1.54, 1.807) is 7.11 Å². The number of carbonyl (C=O) groups excluding carboxylic acids is 1. The second-order valence-corrected chi connectivity index (χ2v) is 7.13. The molecule has 3 atom stereocenters. The van der Waals surface area contributed by atoms with Crippen LogP contribution in [0.25, 0.3) is 0 Å². The number of nitrogens with one attached hydrogen (secondary N) is 1. The van der Waals surface area contributed by atoms with E-state index >= 15 is 0 Å². The molecule has 3 rings (SSSR count). The van der Waals surface area contributed by atoms with Gasteiger partial charge in [0.2, 0.25) is 0 Å². The van der Waals surface area contributed by atoms with E-state index < -0.39 is 12.2 Å². The van der Waals surface area contributed by atoms with Crippen LogP contribution in [-0.2, 0) is 20.8 Å². The minimum Gasteiger partial charge on any atom is -0.497 e. The highest BCUT2D eigenvalue weighted by molar-refractivity contribution is 5.81. The molecule has 0 saturated carbocycles. The Balaban J connectivity index is 1.45. The molecule has 2 fully saturated rings. The van der Waals surface area contributed by atoms with Gasteiger partial charge < -0.3 is 24.6 Å². The summed E-state index contributed by atoms with van der Waals surface area (Å²) in [7, 11) is 1.62. The predicted octanol–water partition coefficient (Wildman–Crippen LogP) is 0.942. The molecule has 1 amide bonds. The van der Waals surface area contributed by atoms with Crippen LogP contribution in [0, 0.1) is 0 Å². The van der Waals surface area contributed by atoms with E-state index in [4.69, 9.17) is 14.2 Å². The molecule has 1 aromatic carbocycles. The first kappa shape index (κ1) is 20.1. The number of morpholine rings is 1. The van der Waals surface area contributed by atoms with Crippen LogP contribution >= 0.6 is 0 Å². The third kappa shape index (κ3) is 5.90. The van der Waals surface area contributed by atoms with Crippen LogP contribution in [0.5, 0.6) is 5.75 Å². The zero-order valence-electron chi connectivity index (χ0n) is 15.9. The van der Waals surface area contributed by atoms with E-state index in [9.17, 15) is 9.90 Å². The van der Waals surface area contributed by atoms with Gasteiger partial charge in [-0.3, -0.25) is 9.69 Å². The Bertz CT molecular complexity index is 589. The Labute approximate surface area is 160 Å². The molecule has 0 radical (unpaired) electrons. The van der Waals surface area contributed by atoms with Crippen LogP contribution in [0.3, 0.4) is 0 Å². The van der Waals surface area contributed by atoms with Crippen molar-refractivity contribution in [1.82, 2.24) is 10.2 Å². The zero-order valence-corrected chi connectivity index (χ0v) is 15.9. The van der Waals surface area contributed by atoms with E-state index in [1.165, 1.54) is 0 Å². The largest absolute Gasteiger partial charge is 0.497 e. The van der Waals surface area contributed by atoms with Gasteiger partial charge in [-0.2, -0.15) is 0 Å². The van der Waals surface area contributed by atoms with Gasteiger partial charge in [-0.05, 0) is 37.0 Å². The number of hydrogen-bond donors (Lipinski definition) is 2. The average molecular weight is 378 g/mol. The molecule has 150 valence electrons. The maximum Gasteiger partial charge on any atom is 0.252 e. The van der Waals surface area contributed by atoms with Gasteiger partial charge in [0.15, 0.2) is 6.10 Å². The number of benzene rings is 1. The number of aliphatic hydroxyl groups excluding tert-OH is 1. The highest BCUT2D eigenvalue weighted by Crippen LogP contribution is 2.23. The summed E-state index contributed by atoms with van der Waals surface area (Å²) in [4.78, 5) is 14.9. The van der Waals surface area contributed by atoms with Crippen molar-refractivity contribution >= 4 is 5.91 Å². The Hall–Kier alpha value is -1.67. The second-order valence-electron chi connectivity index (χ2n) is 7.13. The molecule has 0 aliphatic carbocycles. The molecular weight excluding hydrogens is 348 g/mol. The quantitative estimate of drug-likeness (QED) is 0.735. The normalized spacial score (nSPS) is 26.5. The standard InChI is InChI=1S/C20H30N2O5/c1-25-16-4-2-15(3-5-16)14-21-20(24)19-18(23)7-6-17(27-19)8-9-22-10-12-26-13-11-22/h2-5,17-19,23H,6-14H2,1H3,(H,21,24). The lowest BCUT2D eigenvalue weighted by atomic mass is 9.98. The maximum atomic E-state index is 12.5. The Morgan fingerprint density at radius 1 is 1.26 bits per heavy atom. The molecule has 2 aliphatic rings. The molecule has 7 heteroatoms. The third-order valence-electron chi connectivity index (χ3n) is 5.23. The second kappa shape index (κ2) is 10.0. The Morgan fingerprint density at radius 3 is 2.70 bits per heavy atom. The number of hydrogen-bond acceptors (Lipinski definition) is 6. The van der Waals surface area contributed by atoms with E-state index in [-0.39, 0.29) is 12.0 Å². The summed E-state index contributed by atoms with van der Waals surface area (Å²) in [5.41, 5.74) is 0.971. The summed E-state index contributed by atoms with van der Waals surface area (Å²) in [6.45, 7) is 4.78. The van der Waals surface area contributed by atoms with Gasteiger partial charge in [0.1, 0.15) is 5.75 Å². The number of amides is 1. The van der Waals surface area contributed by atoms with E-state index in [2.05, 4.69) is 10.2 Å². The van der Waals surface area contributed by atoms with Crippen molar-refractivity contribution < 1.29 is 24.1 Å². The van der Waals surface area contributed by atoms with Crippen LogP contribution in [0.2, 0.25) is 0 Å². The summed E-state index contributed by atoms with van der Waals surface area (Å²) in [6, 6.07) is 7.52. The van der Waals surface area contributed by atoms with Gasteiger partial charge in [-0.25, -0.2) is 0 Å². The summed E-state index contributed by atoms with van der Waals surface area (Å²) in [6.07, 6.45) is 0.706. The van der Waals surface area contributed by atoms with E-state index in [0.29, 0.717) is 13.0 Å². The molecule has 3 unspecified atom stereocenters. The van der Waals surface area contributed by atoms with Gasteiger partial charge in [-0.1, -0.05) is 12.1 Å². The number of rotatable bonds is 7. The summed E-state index contributed by atoms with van der Waals surface area (Å²) in [5.74, 6) is 0.522. The van der Waals surface area contributed by atoms with Crippen LogP contribution in [0.4, 0.5) is 0 Å². The molecule has 0 aromatic heterocycles. The van der Waals surface area contributed by atoms with Gasteiger partial charge in [0, 0.05) is 26.2 Å². The van der Waals surface area contributed by atoms with Gasteiger partial charge in [-0.15, -0.1) is 0 Å². The molecule has 1 aromatic rings. The van der Waals surface area contributed by atoms with Crippen molar-refractivity contribution in [2.24, 2.45) is 0 Å². The zero-order chi connectivity index (χ0) is 19.1. The van der Waals surface area contributed by atoms with Crippen molar-refractivity contribution in [2.75, 3.05) is 40.0 Å². The van der Waals surface area contributed by atoms with Crippen molar-refractivity contribution in [1.29, 1.82) is 0 Å². The molecular formula is C20H30N2O5. The molecule has 27 heavy (non-hydrogen) atoms. The number of aliphatic hydroxyl groups is 1. The third-order valence-corrected chi connectivity index (χ3v) is 5.23. The van der Waals surface area contributed by atoms with Crippen LogP contribution in [-0.4, -0.2) is 74.2 Å². The topological polar surface area (TPSA) is 80.3 Å². The first-order chi connectivity index (χ1) is 13.2. The highest BCUT2D eigenvalue weighted by Gasteiger charge is 2.35. The predicted molar refractivity (Wildman–Crippen MR) is 101 cm³/mol. The fourth-order valence-electron chi connectivity index (χ4n) is 3.51. The highest BCUT2D eigenvalue weighted by atomic mass is 16.5. The lowest BCUT2D eigenvalue weighted by Crippen LogP contribution is -2.49. The smallest absolute Gasteiger partial charge is 0.252 e. The van der Waals surface area contributed by atoms with Crippen molar-refractivity contribution in [3.05, 3.63) is 29.8 Å². The van der Waals surface area contributed by atoms with E-state index in [1.807, 2.05) is 24.3 Å². The molecule has 2 heterocycles.